The van der Waals surface area contributed by atoms with Gasteiger partial charge in [0.15, 0.2) is 0 Å². The number of unbranched alkanes of at least 4 members (excludes halogenated alkanes) is 1. The van der Waals surface area contributed by atoms with Crippen LogP contribution in [0.3, 0.4) is 0 Å². The van der Waals surface area contributed by atoms with Crippen molar-refractivity contribution in [3.63, 3.8) is 0 Å². The SMILES string of the molecule is CCCCOc1ncc(CNC(=O)c2ccc3ncccc3c2)s1. The van der Waals surface area contributed by atoms with E-state index in [-0.39, 0.29) is 5.91 Å². The molecule has 5 nitrogen and oxygen atoms in total. The number of aromatic nitrogens is 2. The van der Waals surface area contributed by atoms with Crippen LogP contribution in [0.5, 0.6) is 5.19 Å². The predicted molar refractivity (Wildman–Crippen MR) is 95.4 cm³/mol. The van der Waals surface area contributed by atoms with Gasteiger partial charge in [-0.2, -0.15) is 0 Å². The van der Waals surface area contributed by atoms with Crippen LogP contribution in [0.1, 0.15) is 35.0 Å². The number of amides is 1. The van der Waals surface area contributed by atoms with Gasteiger partial charge in [-0.1, -0.05) is 30.7 Å². The average Bonchev–Trinajstić information content (AvgIpc) is 3.07. The van der Waals surface area contributed by atoms with Gasteiger partial charge in [0.1, 0.15) is 0 Å². The summed E-state index contributed by atoms with van der Waals surface area (Å²) >= 11 is 1.46. The van der Waals surface area contributed by atoms with Crippen LogP contribution < -0.4 is 10.1 Å². The molecule has 1 N–H and O–H groups in total. The fourth-order valence-corrected chi connectivity index (χ4v) is 2.95. The molecule has 0 aliphatic rings. The van der Waals surface area contributed by atoms with Crippen LogP contribution in [0.25, 0.3) is 10.9 Å². The van der Waals surface area contributed by atoms with Gasteiger partial charge in [-0.15, -0.1) is 0 Å². The van der Waals surface area contributed by atoms with Crippen molar-refractivity contribution in [1.82, 2.24) is 15.3 Å². The molecule has 0 unspecified atom stereocenters. The maximum absolute atomic E-state index is 12.3. The Morgan fingerprint density at radius 2 is 2.21 bits per heavy atom. The number of benzene rings is 1. The van der Waals surface area contributed by atoms with E-state index >= 15 is 0 Å². The van der Waals surface area contributed by atoms with Crippen molar-refractivity contribution in [2.24, 2.45) is 0 Å². The third-order valence-corrected chi connectivity index (χ3v) is 4.45. The van der Waals surface area contributed by atoms with Gasteiger partial charge < -0.3 is 10.1 Å². The minimum absolute atomic E-state index is 0.109. The summed E-state index contributed by atoms with van der Waals surface area (Å²) in [7, 11) is 0. The van der Waals surface area contributed by atoms with Gasteiger partial charge in [-0.05, 0) is 30.7 Å². The summed E-state index contributed by atoms with van der Waals surface area (Å²) in [5, 5.41) is 4.53. The number of nitrogens with one attached hydrogen (secondary N) is 1. The van der Waals surface area contributed by atoms with Crippen molar-refractivity contribution >= 4 is 28.1 Å². The number of hydrogen-bond acceptors (Lipinski definition) is 5. The highest BCUT2D eigenvalue weighted by Crippen LogP contribution is 2.21. The number of ether oxygens (including phenoxy) is 1. The largest absolute Gasteiger partial charge is 0.470 e. The van der Waals surface area contributed by atoms with Crippen LogP contribution in [0, 0.1) is 0 Å². The monoisotopic (exact) mass is 341 g/mol. The molecule has 0 fully saturated rings. The Bertz CT molecular complexity index is 832. The smallest absolute Gasteiger partial charge is 0.273 e. The number of pyridine rings is 1. The maximum atomic E-state index is 12.3. The molecule has 1 aromatic carbocycles. The van der Waals surface area contributed by atoms with Crippen molar-refractivity contribution in [3.05, 3.63) is 53.2 Å². The fraction of sp³-hybridized carbons (Fsp3) is 0.278. The average molecular weight is 341 g/mol. The summed E-state index contributed by atoms with van der Waals surface area (Å²) < 4.78 is 5.55. The van der Waals surface area contributed by atoms with Crippen LogP contribution in [0.4, 0.5) is 0 Å². The standard InChI is InChI=1S/C18H19N3O2S/c1-2-3-9-23-18-21-12-15(24-18)11-20-17(22)14-6-7-16-13(10-14)5-4-8-19-16/h4-8,10,12H,2-3,9,11H2,1H3,(H,20,22). The van der Waals surface area contributed by atoms with Gasteiger partial charge in [0.2, 0.25) is 0 Å². The predicted octanol–water partition coefficient (Wildman–Crippen LogP) is 3.80. The second-order valence-electron chi connectivity index (χ2n) is 5.39. The van der Waals surface area contributed by atoms with E-state index < -0.39 is 0 Å². The van der Waals surface area contributed by atoms with Gasteiger partial charge in [0.25, 0.3) is 11.1 Å². The first-order valence-corrected chi connectivity index (χ1v) is 8.78. The van der Waals surface area contributed by atoms with E-state index in [1.54, 1.807) is 18.5 Å². The molecule has 0 bridgehead atoms. The molecule has 0 radical (unpaired) electrons. The van der Waals surface area contributed by atoms with Gasteiger partial charge in [0.05, 0.1) is 18.7 Å². The Hall–Kier alpha value is -2.47. The zero-order valence-corrected chi connectivity index (χ0v) is 14.3. The highest BCUT2D eigenvalue weighted by Gasteiger charge is 2.08. The first-order chi connectivity index (χ1) is 11.8. The van der Waals surface area contributed by atoms with Crippen LogP contribution in [-0.4, -0.2) is 22.5 Å². The number of rotatable bonds is 7. The third kappa shape index (κ3) is 4.08. The molecule has 0 aliphatic heterocycles. The van der Waals surface area contributed by atoms with Crippen molar-refractivity contribution in [2.45, 2.75) is 26.3 Å². The van der Waals surface area contributed by atoms with E-state index in [1.807, 2.05) is 24.3 Å². The molecule has 0 spiro atoms. The number of nitrogens with zero attached hydrogens (tertiary/aromatic N) is 2. The Kier molecular flexibility index (Phi) is 5.38. The Morgan fingerprint density at radius 3 is 3.08 bits per heavy atom. The summed E-state index contributed by atoms with van der Waals surface area (Å²) in [4.78, 5) is 21.7. The van der Waals surface area contributed by atoms with Crippen molar-refractivity contribution in [2.75, 3.05) is 6.61 Å². The van der Waals surface area contributed by atoms with Crippen LogP contribution in [-0.2, 0) is 6.54 Å². The normalized spacial score (nSPS) is 10.7. The molecule has 2 heterocycles. The third-order valence-electron chi connectivity index (χ3n) is 3.54. The quantitative estimate of drug-likeness (QED) is 0.664. The first kappa shape index (κ1) is 16.4. The number of carbonyl (C=O) groups is 1. The summed E-state index contributed by atoms with van der Waals surface area (Å²) in [5.74, 6) is -0.109. The molecule has 0 saturated heterocycles. The summed E-state index contributed by atoms with van der Waals surface area (Å²) in [6.45, 7) is 3.24. The molecule has 3 aromatic rings. The number of hydrogen-bond donors (Lipinski definition) is 1. The van der Waals surface area contributed by atoms with Gasteiger partial charge in [-0.25, -0.2) is 4.98 Å². The fourth-order valence-electron chi connectivity index (χ4n) is 2.23. The minimum Gasteiger partial charge on any atom is -0.470 e. The summed E-state index contributed by atoms with van der Waals surface area (Å²) in [6.07, 6.45) is 5.60. The lowest BCUT2D eigenvalue weighted by molar-refractivity contribution is 0.0951. The Morgan fingerprint density at radius 1 is 1.29 bits per heavy atom. The van der Waals surface area contributed by atoms with Crippen molar-refractivity contribution in [1.29, 1.82) is 0 Å². The van der Waals surface area contributed by atoms with E-state index in [4.69, 9.17) is 4.74 Å². The molecule has 3 rings (SSSR count). The summed E-state index contributed by atoms with van der Waals surface area (Å²) in [5.41, 5.74) is 1.50. The molecule has 0 aliphatic carbocycles. The molecular formula is C18H19N3O2S. The second kappa shape index (κ2) is 7.88. The van der Waals surface area contributed by atoms with Crippen molar-refractivity contribution < 1.29 is 9.53 Å². The van der Waals surface area contributed by atoms with Gasteiger partial charge >= 0.3 is 0 Å². The van der Waals surface area contributed by atoms with E-state index in [0.717, 1.165) is 28.6 Å². The molecule has 124 valence electrons. The number of thiazole rings is 1. The lowest BCUT2D eigenvalue weighted by atomic mass is 10.1. The zero-order chi connectivity index (χ0) is 16.8. The van der Waals surface area contributed by atoms with Crippen LogP contribution in [0.15, 0.2) is 42.7 Å². The van der Waals surface area contributed by atoms with Crippen molar-refractivity contribution in [3.8, 4) is 5.19 Å². The molecule has 24 heavy (non-hydrogen) atoms. The van der Waals surface area contributed by atoms with E-state index in [9.17, 15) is 4.79 Å². The Balaban J connectivity index is 1.58. The van der Waals surface area contributed by atoms with E-state index in [2.05, 4.69) is 22.2 Å². The van der Waals surface area contributed by atoms with E-state index in [1.165, 1.54) is 11.3 Å². The highest BCUT2D eigenvalue weighted by atomic mass is 32.1. The molecular weight excluding hydrogens is 322 g/mol. The van der Waals surface area contributed by atoms with Crippen LogP contribution in [0.2, 0.25) is 0 Å². The van der Waals surface area contributed by atoms with E-state index in [0.29, 0.717) is 23.9 Å². The molecule has 0 atom stereocenters. The molecule has 0 saturated carbocycles. The lowest BCUT2D eigenvalue weighted by Crippen LogP contribution is -2.22. The lowest BCUT2D eigenvalue weighted by Gasteiger charge is -2.04. The minimum atomic E-state index is -0.109. The van der Waals surface area contributed by atoms with Gasteiger partial charge in [0, 0.05) is 28.2 Å². The highest BCUT2D eigenvalue weighted by molar-refractivity contribution is 7.13. The van der Waals surface area contributed by atoms with Crippen LogP contribution >= 0.6 is 11.3 Å². The maximum Gasteiger partial charge on any atom is 0.273 e. The molecule has 2 aromatic heterocycles. The zero-order valence-electron chi connectivity index (χ0n) is 13.5. The Labute approximate surface area is 144 Å². The summed E-state index contributed by atoms with van der Waals surface area (Å²) in [6, 6.07) is 9.31. The van der Waals surface area contributed by atoms with Gasteiger partial charge in [-0.3, -0.25) is 9.78 Å². The first-order valence-electron chi connectivity index (χ1n) is 7.97. The molecule has 6 heteroatoms. The topological polar surface area (TPSA) is 64.1 Å². The number of fused-ring (bicyclic) bond motifs is 1. The second-order valence-corrected chi connectivity index (χ2v) is 6.47. The number of carbonyl (C=O) groups excluding carboxylic acids is 1. The molecule has 1 amide bonds.